The largest absolute Gasteiger partial charge is 0.379 e. The molecule has 1 heterocycles. The van der Waals surface area contributed by atoms with Crippen LogP contribution in [0.2, 0.25) is 0 Å². The van der Waals surface area contributed by atoms with Gasteiger partial charge in [0.15, 0.2) is 0 Å². The normalized spacial score (nSPS) is 26.0. The molecule has 3 unspecified atom stereocenters. The third kappa shape index (κ3) is 5.42. The number of rotatable bonds is 6. The van der Waals surface area contributed by atoms with Crippen LogP contribution in [0.4, 0.5) is 0 Å². The van der Waals surface area contributed by atoms with Crippen LogP contribution in [0.25, 0.3) is 0 Å². The maximum absolute atomic E-state index is 11.8. The molecule has 1 saturated carbocycles. The number of hydrogen-bond donors (Lipinski definition) is 3. The van der Waals surface area contributed by atoms with Crippen LogP contribution < -0.4 is 16.0 Å². The maximum Gasteiger partial charge on any atom is 0.251 e. The van der Waals surface area contributed by atoms with Gasteiger partial charge in [-0.05, 0) is 43.4 Å². The first kappa shape index (κ1) is 20.2. The fourth-order valence-electron chi connectivity index (χ4n) is 3.87. The van der Waals surface area contributed by atoms with Gasteiger partial charge in [-0.25, -0.2) is 0 Å². The Labute approximate surface area is 156 Å². The van der Waals surface area contributed by atoms with Gasteiger partial charge in [0, 0.05) is 37.3 Å². The second-order valence-corrected chi connectivity index (χ2v) is 6.77. The lowest BCUT2D eigenvalue weighted by Gasteiger charge is -2.33. The molecule has 1 aromatic rings. The highest BCUT2D eigenvalue weighted by Gasteiger charge is 2.34. The summed E-state index contributed by atoms with van der Waals surface area (Å²) in [4.78, 5) is 11.8. The second kappa shape index (κ2) is 10.1. The average molecular weight is 368 g/mol. The first-order valence-corrected chi connectivity index (χ1v) is 9.19. The van der Waals surface area contributed by atoms with Crippen molar-refractivity contribution in [2.75, 3.05) is 26.3 Å². The van der Waals surface area contributed by atoms with Gasteiger partial charge in [-0.3, -0.25) is 4.79 Å². The molecule has 2 aliphatic rings. The van der Waals surface area contributed by atoms with Gasteiger partial charge in [0.25, 0.3) is 5.91 Å². The van der Waals surface area contributed by atoms with E-state index in [0.29, 0.717) is 24.5 Å². The van der Waals surface area contributed by atoms with Gasteiger partial charge in [0.05, 0.1) is 13.2 Å². The minimum absolute atomic E-state index is 0. The summed E-state index contributed by atoms with van der Waals surface area (Å²) in [6.45, 7) is 6.08. The molecule has 6 heteroatoms. The van der Waals surface area contributed by atoms with Crippen LogP contribution >= 0.6 is 12.4 Å². The van der Waals surface area contributed by atoms with Crippen LogP contribution in [0.1, 0.15) is 42.1 Å². The number of morpholine rings is 1. The summed E-state index contributed by atoms with van der Waals surface area (Å²) in [6.07, 6.45) is 3.80. The molecule has 2 fully saturated rings. The van der Waals surface area contributed by atoms with E-state index in [1.807, 2.05) is 31.2 Å². The Morgan fingerprint density at radius 2 is 2.08 bits per heavy atom. The molecule has 1 saturated heterocycles. The quantitative estimate of drug-likeness (QED) is 0.720. The van der Waals surface area contributed by atoms with Gasteiger partial charge in [0.2, 0.25) is 0 Å². The third-order valence-electron chi connectivity index (χ3n) is 5.16. The predicted molar refractivity (Wildman–Crippen MR) is 102 cm³/mol. The topological polar surface area (TPSA) is 62.4 Å². The van der Waals surface area contributed by atoms with E-state index in [1.54, 1.807) is 0 Å². The van der Waals surface area contributed by atoms with Crippen molar-refractivity contribution >= 4 is 18.3 Å². The van der Waals surface area contributed by atoms with E-state index in [-0.39, 0.29) is 18.3 Å². The molecule has 1 aromatic carbocycles. The molecule has 3 rings (SSSR count). The molecule has 25 heavy (non-hydrogen) atoms. The van der Waals surface area contributed by atoms with Crippen LogP contribution in [0.3, 0.4) is 0 Å². The minimum atomic E-state index is -0.00348. The zero-order valence-electron chi connectivity index (χ0n) is 14.9. The molecule has 1 aliphatic carbocycles. The number of carbonyl (C=O) groups excluding carboxylic acids is 1. The Hall–Kier alpha value is -1.14. The molecule has 1 amide bonds. The van der Waals surface area contributed by atoms with Gasteiger partial charge in [-0.15, -0.1) is 12.4 Å². The monoisotopic (exact) mass is 367 g/mol. The third-order valence-corrected chi connectivity index (χ3v) is 5.16. The first-order valence-electron chi connectivity index (χ1n) is 9.19. The lowest BCUT2D eigenvalue weighted by Crippen LogP contribution is -2.50. The summed E-state index contributed by atoms with van der Waals surface area (Å²) >= 11 is 0. The summed E-state index contributed by atoms with van der Waals surface area (Å²) in [5.41, 5.74) is 1.95. The van der Waals surface area contributed by atoms with Crippen LogP contribution in [0.15, 0.2) is 24.3 Å². The molecule has 0 bridgehead atoms. The van der Waals surface area contributed by atoms with Gasteiger partial charge in [0.1, 0.15) is 0 Å². The van der Waals surface area contributed by atoms with E-state index in [4.69, 9.17) is 4.74 Å². The zero-order chi connectivity index (χ0) is 16.8. The summed E-state index contributed by atoms with van der Waals surface area (Å²) in [5, 5.41) is 10.2. The van der Waals surface area contributed by atoms with Crippen molar-refractivity contribution in [3.8, 4) is 0 Å². The molecule has 0 aromatic heterocycles. The number of carbonyl (C=O) groups is 1. The van der Waals surface area contributed by atoms with Crippen molar-refractivity contribution in [1.29, 1.82) is 0 Å². The van der Waals surface area contributed by atoms with E-state index in [1.165, 1.54) is 24.8 Å². The standard InChI is InChI=1S/C19H29N3O2.ClH/c1-2-20-19(23)15-8-6-14(7-9-15)12-22-17-5-3-4-16(17)18-13-24-11-10-21-18;/h6-9,16-18,21-22H,2-5,10-13H2,1H3,(H,20,23);1H. The molecule has 1 aliphatic heterocycles. The number of benzene rings is 1. The lowest BCUT2D eigenvalue weighted by molar-refractivity contribution is 0.0524. The molecule has 5 nitrogen and oxygen atoms in total. The smallest absolute Gasteiger partial charge is 0.251 e. The predicted octanol–water partition coefficient (Wildman–Crippen LogP) is 2.10. The summed E-state index contributed by atoms with van der Waals surface area (Å²) < 4.78 is 5.63. The molecular weight excluding hydrogens is 338 g/mol. The summed E-state index contributed by atoms with van der Waals surface area (Å²) in [6, 6.07) is 8.94. The molecule has 3 N–H and O–H groups in total. The van der Waals surface area contributed by atoms with E-state index in [0.717, 1.165) is 31.9 Å². The average Bonchev–Trinajstić information content (AvgIpc) is 3.10. The van der Waals surface area contributed by atoms with Crippen LogP contribution in [0.5, 0.6) is 0 Å². The Morgan fingerprint density at radius 3 is 2.76 bits per heavy atom. The summed E-state index contributed by atoms with van der Waals surface area (Å²) in [5.74, 6) is 0.649. The van der Waals surface area contributed by atoms with E-state index in [9.17, 15) is 4.79 Å². The van der Waals surface area contributed by atoms with Gasteiger partial charge in [-0.2, -0.15) is 0 Å². The number of hydrogen-bond acceptors (Lipinski definition) is 4. The maximum atomic E-state index is 11.8. The lowest BCUT2D eigenvalue weighted by atomic mass is 9.94. The van der Waals surface area contributed by atoms with Crippen molar-refractivity contribution in [3.63, 3.8) is 0 Å². The first-order chi connectivity index (χ1) is 11.8. The number of amides is 1. The molecule has 0 radical (unpaired) electrons. The highest BCUT2D eigenvalue weighted by molar-refractivity contribution is 5.94. The number of nitrogens with one attached hydrogen (secondary N) is 3. The van der Waals surface area contributed by atoms with Gasteiger partial charge >= 0.3 is 0 Å². The van der Waals surface area contributed by atoms with Crippen molar-refractivity contribution in [2.45, 2.75) is 44.8 Å². The van der Waals surface area contributed by atoms with Crippen LogP contribution in [-0.4, -0.2) is 44.3 Å². The Morgan fingerprint density at radius 1 is 1.28 bits per heavy atom. The van der Waals surface area contributed by atoms with Crippen molar-refractivity contribution in [3.05, 3.63) is 35.4 Å². The Bertz CT molecular complexity index is 532. The van der Waals surface area contributed by atoms with Gasteiger partial charge < -0.3 is 20.7 Å². The van der Waals surface area contributed by atoms with Crippen LogP contribution in [-0.2, 0) is 11.3 Å². The Kier molecular flexibility index (Phi) is 8.16. The molecule has 0 spiro atoms. The second-order valence-electron chi connectivity index (χ2n) is 6.77. The van der Waals surface area contributed by atoms with E-state index >= 15 is 0 Å². The highest BCUT2D eigenvalue weighted by atomic mass is 35.5. The summed E-state index contributed by atoms with van der Waals surface area (Å²) in [7, 11) is 0. The number of halogens is 1. The van der Waals surface area contributed by atoms with Crippen molar-refractivity contribution in [2.24, 2.45) is 5.92 Å². The Balaban J connectivity index is 0.00000225. The molecule has 140 valence electrons. The fourth-order valence-corrected chi connectivity index (χ4v) is 3.87. The van der Waals surface area contributed by atoms with Crippen molar-refractivity contribution in [1.82, 2.24) is 16.0 Å². The molecule has 3 atom stereocenters. The van der Waals surface area contributed by atoms with Crippen LogP contribution in [0, 0.1) is 5.92 Å². The highest BCUT2D eigenvalue weighted by Crippen LogP contribution is 2.29. The zero-order valence-corrected chi connectivity index (χ0v) is 15.7. The SMILES string of the molecule is CCNC(=O)c1ccc(CNC2CCCC2C2COCCN2)cc1.Cl. The van der Waals surface area contributed by atoms with E-state index in [2.05, 4.69) is 16.0 Å². The number of ether oxygens (including phenoxy) is 1. The van der Waals surface area contributed by atoms with Gasteiger partial charge in [-0.1, -0.05) is 18.6 Å². The fraction of sp³-hybridized carbons (Fsp3) is 0.632. The minimum Gasteiger partial charge on any atom is -0.379 e. The molecular formula is C19H30ClN3O2. The van der Waals surface area contributed by atoms with E-state index < -0.39 is 0 Å². The van der Waals surface area contributed by atoms with Crippen molar-refractivity contribution < 1.29 is 9.53 Å².